The fourth-order valence-corrected chi connectivity index (χ4v) is 1.32. The number of halogens is 1. The van der Waals surface area contributed by atoms with E-state index in [2.05, 4.69) is 20.9 Å². The molecule has 0 unspecified atom stereocenters. The van der Waals surface area contributed by atoms with Crippen molar-refractivity contribution >= 4 is 15.9 Å². The lowest BCUT2D eigenvalue weighted by molar-refractivity contribution is 0.276. The van der Waals surface area contributed by atoms with E-state index in [-0.39, 0.29) is 12.6 Å². The topological polar surface area (TPSA) is 59.1 Å². The predicted octanol–water partition coefficient (Wildman–Crippen LogP) is 1.23. The zero-order valence-electron chi connectivity index (χ0n) is 6.57. The lowest BCUT2D eigenvalue weighted by atomic mass is 10.1. The normalized spacial score (nSPS) is 12.9. The summed E-state index contributed by atoms with van der Waals surface area (Å²) in [6.07, 6.45) is 3.98. The molecule has 1 aromatic heterocycles. The van der Waals surface area contributed by atoms with Crippen molar-refractivity contribution in [1.29, 1.82) is 0 Å². The Morgan fingerprint density at radius 2 is 2.33 bits per heavy atom. The minimum atomic E-state index is -0.125. The van der Waals surface area contributed by atoms with Gasteiger partial charge >= 0.3 is 0 Å². The Morgan fingerprint density at radius 3 is 2.92 bits per heavy atom. The number of aliphatic hydroxyl groups is 1. The van der Waals surface area contributed by atoms with Gasteiger partial charge in [-0.3, -0.25) is 4.98 Å². The smallest absolute Gasteiger partial charge is 0.0449 e. The molecule has 0 spiro atoms. The van der Waals surface area contributed by atoms with E-state index in [1.54, 1.807) is 12.4 Å². The molecular weight excluding hydrogens is 220 g/mol. The van der Waals surface area contributed by atoms with Crippen LogP contribution in [-0.2, 0) is 0 Å². The van der Waals surface area contributed by atoms with Crippen molar-refractivity contribution in [3.05, 3.63) is 28.5 Å². The fraction of sp³-hybridized carbons (Fsp3) is 0.375. The molecule has 1 atom stereocenters. The van der Waals surface area contributed by atoms with Crippen LogP contribution in [0.5, 0.6) is 0 Å². The maximum absolute atomic E-state index is 8.66. The highest BCUT2D eigenvalue weighted by Gasteiger charge is 2.04. The number of nitrogens with zero attached hydrogens (tertiary/aromatic N) is 1. The van der Waals surface area contributed by atoms with Gasteiger partial charge in [0.25, 0.3) is 0 Å². The van der Waals surface area contributed by atoms with Gasteiger partial charge in [0.05, 0.1) is 0 Å². The molecule has 0 aromatic carbocycles. The highest BCUT2D eigenvalue weighted by Crippen LogP contribution is 2.16. The highest BCUT2D eigenvalue weighted by molar-refractivity contribution is 9.10. The first kappa shape index (κ1) is 9.64. The molecule has 0 saturated heterocycles. The zero-order valence-corrected chi connectivity index (χ0v) is 8.16. The largest absolute Gasteiger partial charge is 0.396 e. The van der Waals surface area contributed by atoms with Crippen molar-refractivity contribution in [2.24, 2.45) is 5.73 Å². The van der Waals surface area contributed by atoms with E-state index in [1.165, 1.54) is 0 Å². The predicted molar refractivity (Wildman–Crippen MR) is 50.6 cm³/mol. The summed E-state index contributed by atoms with van der Waals surface area (Å²) in [6.45, 7) is 0.105. The molecule has 0 bridgehead atoms. The molecule has 66 valence electrons. The van der Waals surface area contributed by atoms with Crippen molar-refractivity contribution in [3.63, 3.8) is 0 Å². The van der Waals surface area contributed by atoms with E-state index in [0.29, 0.717) is 6.42 Å². The maximum Gasteiger partial charge on any atom is 0.0449 e. The number of aromatic nitrogens is 1. The number of pyridine rings is 1. The minimum Gasteiger partial charge on any atom is -0.396 e. The van der Waals surface area contributed by atoms with Crippen molar-refractivity contribution in [2.75, 3.05) is 6.61 Å². The summed E-state index contributed by atoms with van der Waals surface area (Å²) in [7, 11) is 0. The molecule has 0 aliphatic carbocycles. The number of nitrogens with two attached hydrogens (primary N) is 1. The molecule has 0 amide bonds. The Kier molecular flexibility index (Phi) is 3.65. The first-order valence-electron chi connectivity index (χ1n) is 3.71. The molecule has 4 heteroatoms. The molecule has 1 heterocycles. The Morgan fingerprint density at radius 1 is 1.58 bits per heavy atom. The third-order valence-electron chi connectivity index (χ3n) is 1.59. The first-order chi connectivity index (χ1) is 5.74. The molecule has 0 aliphatic rings. The van der Waals surface area contributed by atoms with Crippen LogP contribution in [0.4, 0.5) is 0 Å². The van der Waals surface area contributed by atoms with Crippen LogP contribution in [0.2, 0.25) is 0 Å². The molecule has 0 fully saturated rings. The third-order valence-corrected chi connectivity index (χ3v) is 2.03. The van der Waals surface area contributed by atoms with Gasteiger partial charge < -0.3 is 10.8 Å². The Labute approximate surface area is 79.7 Å². The van der Waals surface area contributed by atoms with Crippen LogP contribution in [0.3, 0.4) is 0 Å². The van der Waals surface area contributed by atoms with Crippen molar-refractivity contribution in [2.45, 2.75) is 12.5 Å². The van der Waals surface area contributed by atoms with E-state index >= 15 is 0 Å². The monoisotopic (exact) mass is 230 g/mol. The molecule has 0 saturated carbocycles. The summed E-state index contributed by atoms with van der Waals surface area (Å²) in [5.74, 6) is 0. The van der Waals surface area contributed by atoms with E-state index in [9.17, 15) is 0 Å². The Bertz CT molecular complexity index is 255. The summed E-state index contributed by atoms with van der Waals surface area (Å²) < 4.78 is 0.911. The van der Waals surface area contributed by atoms with Crippen LogP contribution in [0.1, 0.15) is 18.0 Å². The molecular formula is C8H11BrN2O. The molecule has 0 radical (unpaired) electrons. The number of hydrogen-bond donors (Lipinski definition) is 2. The van der Waals surface area contributed by atoms with Gasteiger partial charge in [-0.2, -0.15) is 0 Å². The summed E-state index contributed by atoms with van der Waals surface area (Å²) in [4.78, 5) is 3.98. The molecule has 1 rings (SSSR count). The maximum atomic E-state index is 8.66. The van der Waals surface area contributed by atoms with Gasteiger partial charge in [0.1, 0.15) is 0 Å². The van der Waals surface area contributed by atoms with Gasteiger partial charge in [-0.25, -0.2) is 0 Å². The second-order valence-electron chi connectivity index (χ2n) is 2.56. The Balaban J connectivity index is 2.73. The first-order valence-corrected chi connectivity index (χ1v) is 4.50. The molecule has 0 aliphatic heterocycles. The molecule has 3 N–H and O–H groups in total. The van der Waals surface area contributed by atoms with Gasteiger partial charge in [-0.1, -0.05) is 0 Å². The fourth-order valence-electron chi connectivity index (χ4n) is 0.937. The molecule has 1 aromatic rings. The van der Waals surface area contributed by atoms with Crippen LogP contribution in [0.25, 0.3) is 0 Å². The second-order valence-corrected chi connectivity index (χ2v) is 3.47. The number of rotatable bonds is 3. The second kappa shape index (κ2) is 4.54. The van der Waals surface area contributed by atoms with E-state index in [4.69, 9.17) is 10.8 Å². The van der Waals surface area contributed by atoms with Gasteiger partial charge in [0, 0.05) is 29.5 Å². The average molecular weight is 231 g/mol. The van der Waals surface area contributed by atoms with Gasteiger partial charge in [0.2, 0.25) is 0 Å². The zero-order chi connectivity index (χ0) is 8.97. The van der Waals surface area contributed by atoms with Crippen LogP contribution in [0.15, 0.2) is 22.9 Å². The number of aliphatic hydroxyl groups excluding tert-OH is 1. The summed E-state index contributed by atoms with van der Waals surface area (Å²) in [5.41, 5.74) is 6.70. The third kappa shape index (κ3) is 2.55. The highest BCUT2D eigenvalue weighted by atomic mass is 79.9. The van der Waals surface area contributed by atoms with Gasteiger partial charge in [0.15, 0.2) is 0 Å². The molecule has 3 nitrogen and oxygen atoms in total. The van der Waals surface area contributed by atoms with Crippen LogP contribution in [0, 0.1) is 0 Å². The van der Waals surface area contributed by atoms with E-state index < -0.39 is 0 Å². The SMILES string of the molecule is N[C@H](CCO)c1cncc(Br)c1. The van der Waals surface area contributed by atoms with Crippen LogP contribution >= 0.6 is 15.9 Å². The van der Waals surface area contributed by atoms with E-state index in [1.807, 2.05) is 6.07 Å². The van der Waals surface area contributed by atoms with E-state index in [0.717, 1.165) is 10.0 Å². The summed E-state index contributed by atoms with van der Waals surface area (Å²) in [5, 5.41) is 8.66. The van der Waals surface area contributed by atoms with Crippen molar-refractivity contribution in [3.8, 4) is 0 Å². The summed E-state index contributed by atoms with van der Waals surface area (Å²) in [6, 6.07) is 1.79. The lowest BCUT2D eigenvalue weighted by Gasteiger charge is -2.09. The lowest BCUT2D eigenvalue weighted by Crippen LogP contribution is -2.12. The standard InChI is InChI=1S/C8H11BrN2O/c9-7-3-6(4-11-5-7)8(10)1-2-12/h3-5,8,12H,1-2,10H2/t8-/m1/s1. The van der Waals surface area contributed by atoms with Gasteiger partial charge in [-0.15, -0.1) is 0 Å². The van der Waals surface area contributed by atoms with Crippen molar-refractivity contribution < 1.29 is 5.11 Å². The summed E-state index contributed by atoms with van der Waals surface area (Å²) >= 11 is 3.30. The van der Waals surface area contributed by atoms with Gasteiger partial charge in [-0.05, 0) is 34.0 Å². The van der Waals surface area contributed by atoms with Crippen molar-refractivity contribution in [1.82, 2.24) is 4.98 Å². The minimum absolute atomic E-state index is 0.105. The molecule has 12 heavy (non-hydrogen) atoms. The Hall–Kier alpha value is -0.450. The number of hydrogen-bond acceptors (Lipinski definition) is 3. The van der Waals surface area contributed by atoms with Crippen LogP contribution in [-0.4, -0.2) is 16.7 Å². The van der Waals surface area contributed by atoms with Crippen LogP contribution < -0.4 is 5.73 Å². The average Bonchev–Trinajstić information content (AvgIpc) is 2.05. The quantitative estimate of drug-likeness (QED) is 0.822.